The lowest BCUT2D eigenvalue weighted by molar-refractivity contribution is 0.205. The molecule has 0 fully saturated rings. The molecule has 0 heterocycles. The highest BCUT2D eigenvalue weighted by molar-refractivity contribution is 7.97. The molecule has 160 valence electrons. The minimum absolute atomic E-state index is 0.0693. The zero-order valence-electron chi connectivity index (χ0n) is 17.7. The number of rotatable bonds is 12. The molecule has 0 bridgehead atoms. The maximum absolute atomic E-state index is 13.7. The normalized spacial score (nSPS) is 11.1. The number of aliphatic hydroxyl groups is 1. The molecular formula is C22H31FN2O3S. The minimum Gasteiger partial charge on any atom is -0.454 e. The van der Waals surface area contributed by atoms with Crippen LogP contribution in [0, 0.1) is 5.82 Å². The Morgan fingerprint density at radius 3 is 2.55 bits per heavy atom. The summed E-state index contributed by atoms with van der Waals surface area (Å²) in [5, 5.41) is 9.82. The molecule has 0 atom stereocenters. The van der Waals surface area contributed by atoms with E-state index in [0.717, 1.165) is 35.5 Å². The van der Waals surface area contributed by atoms with Crippen molar-refractivity contribution in [2.75, 3.05) is 45.8 Å². The second-order valence-electron chi connectivity index (χ2n) is 6.90. The van der Waals surface area contributed by atoms with E-state index in [-0.39, 0.29) is 12.4 Å². The quantitative estimate of drug-likeness (QED) is 0.489. The first-order valence-electron chi connectivity index (χ1n) is 9.78. The summed E-state index contributed by atoms with van der Waals surface area (Å²) in [6.07, 6.45) is 2.07. The van der Waals surface area contributed by atoms with Crippen molar-refractivity contribution in [3.63, 3.8) is 0 Å². The van der Waals surface area contributed by atoms with Gasteiger partial charge in [-0.15, -0.1) is 0 Å². The van der Waals surface area contributed by atoms with Gasteiger partial charge in [0.1, 0.15) is 11.6 Å². The van der Waals surface area contributed by atoms with Crippen molar-refractivity contribution in [1.29, 1.82) is 0 Å². The molecule has 1 N–H and O–H groups in total. The Balaban J connectivity index is 2.56. The SMILES string of the molecule is CCCCN(CCOC)c1cc(CO)cc(SN(C)C)c1Oc1cccc(F)c1. The Kier molecular flexibility index (Phi) is 9.73. The molecule has 5 nitrogen and oxygen atoms in total. The molecule has 2 rings (SSSR count). The van der Waals surface area contributed by atoms with E-state index in [9.17, 15) is 9.50 Å². The lowest BCUT2D eigenvalue weighted by Gasteiger charge is -2.29. The predicted molar refractivity (Wildman–Crippen MR) is 117 cm³/mol. The zero-order valence-corrected chi connectivity index (χ0v) is 18.5. The van der Waals surface area contributed by atoms with E-state index in [0.29, 0.717) is 24.7 Å². The van der Waals surface area contributed by atoms with E-state index in [1.54, 1.807) is 19.2 Å². The maximum Gasteiger partial charge on any atom is 0.165 e. The summed E-state index contributed by atoms with van der Waals surface area (Å²) in [5.41, 5.74) is 1.67. The molecule has 0 aliphatic heterocycles. The highest BCUT2D eigenvalue weighted by atomic mass is 32.2. The van der Waals surface area contributed by atoms with Gasteiger partial charge in [-0.2, -0.15) is 0 Å². The number of halogens is 1. The lowest BCUT2D eigenvalue weighted by atomic mass is 10.1. The number of hydrogen-bond acceptors (Lipinski definition) is 6. The summed E-state index contributed by atoms with van der Waals surface area (Å²) >= 11 is 1.50. The van der Waals surface area contributed by atoms with Crippen LogP contribution in [0.4, 0.5) is 10.1 Å². The van der Waals surface area contributed by atoms with Crippen LogP contribution in [-0.4, -0.2) is 50.3 Å². The Labute approximate surface area is 177 Å². The van der Waals surface area contributed by atoms with Gasteiger partial charge in [-0.1, -0.05) is 19.4 Å². The smallest absolute Gasteiger partial charge is 0.165 e. The Morgan fingerprint density at radius 2 is 1.93 bits per heavy atom. The van der Waals surface area contributed by atoms with Crippen molar-refractivity contribution < 1.29 is 19.0 Å². The number of methoxy groups -OCH3 is 1. The van der Waals surface area contributed by atoms with Crippen molar-refractivity contribution in [2.24, 2.45) is 0 Å². The van der Waals surface area contributed by atoms with Crippen LogP contribution >= 0.6 is 11.9 Å². The first-order chi connectivity index (χ1) is 14.0. The molecule has 0 unspecified atom stereocenters. The predicted octanol–water partition coefficient (Wildman–Crippen LogP) is 4.93. The largest absolute Gasteiger partial charge is 0.454 e. The molecular weight excluding hydrogens is 391 g/mol. The molecule has 7 heteroatoms. The van der Waals surface area contributed by atoms with Gasteiger partial charge in [-0.25, -0.2) is 4.39 Å². The van der Waals surface area contributed by atoms with Crippen LogP contribution < -0.4 is 9.64 Å². The van der Waals surface area contributed by atoms with Crippen molar-refractivity contribution >= 4 is 17.6 Å². The number of nitrogens with zero attached hydrogens (tertiary/aromatic N) is 2. The summed E-state index contributed by atoms with van der Waals surface area (Å²) in [6, 6.07) is 9.99. The number of ether oxygens (including phenoxy) is 2. The summed E-state index contributed by atoms with van der Waals surface area (Å²) in [7, 11) is 5.57. The van der Waals surface area contributed by atoms with Gasteiger partial charge in [-0.05, 0) is 62.3 Å². The van der Waals surface area contributed by atoms with Crippen molar-refractivity contribution in [1.82, 2.24) is 4.31 Å². The van der Waals surface area contributed by atoms with Crippen LogP contribution in [0.2, 0.25) is 0 Å². The average Bonchev–Trinajstić information content (AvgIpc) is 2.69. The van der Waals surface area contributed by atoms with E-state index in [4.69, 9.17) is 9.47 Å². The van der Waals surface area contributed by atoms with Gasteiger partial charge in [0.2, 0.25) is 0 Å². The van der Waals surface area contributed by atoms with Gasteiger partial charge in [0, 0.05) is 26.3 Å². The third-order valence-electron chi connectivity index (χ3n) is 4.26. The van der Waals surface area contributed by atoms with Gasteiger partial charge < -0.3 is 19.5 Å². The van der Waals surface area contributed by atoms with E-state index in [1.807, 2.05) is 30.5 Å². The number of anilines is 1. The van der Waals surface area contributed by atoms with Crippen molar-refractivity contribution in [3.05, 3.63) is 47.8 Å². The summed E-state index contributed by atoms with van der Waals surface area (Å²) in [5.74, 6) is 0.740. The van der Waals surface area contributed by atoms with Crippen LogP contribution in [0.1, 0.15) is 25.3 Å². The molecule has 0 radical (unpaired) electrons. The third-order valence-corrected chi connectivity index (χ3v) is 5.13. The Bertz CT molecular complexity index is 766. The van der Waals surface area contributed by atoms with E-state index in [1.165, 1.54) is 24.1 Å². The van der Waals surface area contributed by atoms with Crippen LogP contribution in [0.5, 0.6) is 11.5 Å². The van der Waals surface area contributed by atoms with Crippen LogP contribution in [0.25, 0.3) is 0 Å². The number of benzene rings is 2. The second kappa shape index (κ2) is 12.0. The first-order valence-corrected chi connectivity index (χ1v) is 10.6. The molecule has 29 heavy (non-hydrogen) atoms. The number of aliphatic hydroxyl groups excluding tert-OH is 1. The number of unbranched alkanes of at least 4 members (excludes halogenated alkanes) is 1. The molecule has 0 amide bonds. The summed E-state index contributed by atoms with van der Waals surface area (Å²) in [6.45, 7) is 4.18. The highest BCUT2D eigenvalue weighted by Gasteiger charge is 2.20. The van der Waals surface area contributed by atoms with Crippen LogP contribution in [0.3, 0.4) is 0 Å². The lowest BCUT2D eigenvalue weighted by Crippen LogP contribution is -2.29. The van der Waals surface area contributed by atoms with Gasteiger partial charge in [0.25, 0.3) is 0 Å². The van der Waals surface area contributed by atoms with E-state index >= 15 is 0 Å². The average molecular weight is 423 g/mol. The summed E-state index contributed by atoms with van der Waals surface area (Å²) in [4.78, 5) is 3.07. The summed E-state index contributed by atoms with van der Waals surface area (Å²) < 4.78 is 27.2. The fourth-order valence-electron chi connectivity index (χ4n) is 2.89. The maximum atomic E-state index is 13.7. The molecule has 2 aromatic carbocycles. The van der Waals surface area contributed by atoms with Crippen molar-refractivity contribution in [2.45, 2.75) is 31.3 Å². The molecule has 2 aromatic rings. The van der Waals surface area contributed by atoms with Gasteiger partial charge in [-0.3, -0.25) is 4.31 Å². The minimum atomic E-state index is -0.347. The molecule has 0 saturated heterocycles. The monoisotopic (exact) mass is 422 g/mol. The van der Waals surface area contributed by atoms with Gasteiger partial charge >= 0.3 is 0 Å². The standard InChI is InChI=1S/C22H31FN2O3S/c1-5-6-10-25(11-12-27-4)20-13-17(16-26)14-21(29-24(2)3)22(20)28-19-9-7-8-18(23)15-19/h7-9,13-15,26H,5-6,10-12,16H2,1-4H3. The second-order valence-corrected chi connectivity index (χ2v) is 8.25. The van der Waals surface area contributed by atoms with E-state index in [2.05, 4.69) is 11.8 Å². The Morgan fingerprint density at radius 1 is 1.14 bits per heavy atom. The molecule has 0 spiro atoms. The first kappa shape index (κ1) is 23.5. The molecule has 0 aromatic heterocycles. The highest BCUT2D eigenvalue weighted by Crippen LogP contribution is 2.43. The van der Waals surface area contributed by atoms with Gasteiger partial charge in [0.05, 0.1) is 23.8 Å². The fraction of sp³-hybridized carbons (Fsp3) is 0.455. The van der Waals surface area contributed by atoms with Crippen LogP contribution in [-0.2, 0) is 11.3 Å². The van der Waals surface area contributed by atoms with Gasteiger partial charge in [0.15, 0.2) is 5.75 Å². The molecule has 0 saturated carbocycles. The zero-order chi connectivity index (χ0) is 21.2. The van der Waals surface area contributed by atoms with Crippen molar-refractivity contribution in [3.8, 4) is 11.5 Å². The number of hydrogen-bond donors (Lipinski definition) is 1. The molecule has 0 aliphatic carbocycles. The fourth-order valence-corrected chi connectivity index (χ4v) is 3.71. The topological polar surface area (TPSA) is 45.2 Å². The van der Waals surface area contributed by atoms with Crippen LogP contribution in [0.15, 0.2) is 41.3 Å². The Hall–Kier alpha value is -1.80. The van der Waals surface area contributed by atoms with E-state index < -0.39 is 0 Å². The molecule has 0 aliphatic rings. The third kappa shape index (κ3) is 7.19.